The molecule has 0 radical (unpaired) electrons. The monoisotopic (exact) mass is 392 g/mol. The second kappa shape index (κ2) is 8.35. The Hall–Kier alpha value is -3.00. The molecule has 28 heavy (non-hydrogen) atoms. The minimum absolute atomic E-state index is 0.531. The number of aromatic nitrogens is 6. The molecule has 3 heterocycles. The molecule has 3 aromatic heterocycles. The minimum Gasteiger partial charge on any atom is -0.334 e. The summed E-state index contributed by atoms with van der Waals surface area (Å²) in [6, 6.07) is 11.9. The molecule has 0 aliphatic rings. The first-order chi connectivity index (χ1) is 13.7. The Balaban J connectivity index is 1.51. The van der Waals surface area contributed by atoms with Gasteiger partial charge >= 0.3 is 0 Å². The lowest BCUT2D eigenvalue weighted by Crippen LogP contribution is -2.02. The topological polar surface area (TPSA) is 82.5 Å². The van der Waals surface area contributed by atoms with Gasteiger partial charge in [0.1, 0.15) is 0 Å². The smallest absolute Gasteiger partial charge is 0.257 e. The van der Waals surface area contributed by atoms with E-state index < -0.39 is 0 Å². The molecule has 7 nitrogen and oxygen atoms in total. The summed E-state index contributed by atoms with van der Waals surface area (Å²) in [5.74, 6) is 2.58. The SMILES string of the molecule is CCCn1c(SCc2noc(-c3ccc(C)cc3)n2)nnc1-c1ccncc1. The summed E-state index contributed by atoms with van der Waals surface area (Å²) >= 11 is 1.56. The summed E-state index contributed by atoms with van der Waals surface area (Å²) < 4.78 is 7.53. The molecule has 142 valence electrons. The van der Waals surface area contributed by atoms with Crippen molar-refractivity contribution in [2.45, 2.75) is 37.7 Å². The number of pyridine rings is 1. The summed E-state index contributed by atoms with van der Waals surface area (Å²) in [7, 11) is 0. The van der Waals surface area contributed by atoms with E-state index >= 15 is 0 Å². The van der Waals surface area contributed by atoms with E-state index in [2.05, 4.69) is 36.8 Å². The van der Waals surface area contributed by atoms with Crippen LogP contribution in [0.3, 0.4) is 0 Å². The molecule has 0 N–H and O–H groups in total. The van der Waals surface area contributed by atoms with Gasteiger partial charge in [-0.05, 0) is 37.6 Å². The highest BCUT2D eigenvalue weighted by molar-refractivity contribution is 7.98. The zero-order chi connectivity index (χ0) is 19.3. The Morgan fingerprint density at radius 1 is 1.00 bits per heavy atom. The molecule has 8 heteroatoms. The number of thioether (sulfide) groups is 1. The predicted octanol–water partition coefficient (Wildman–Crippen LogP) is 4.40. The van der Waals surface area contributed by atoms with Gasteiger partial charge in [0.25, 0.3) is 5.89 Å². The molecule has 0 saturated heterocycles. The fourth-order valence-electron chi connectivity index (χ4n) is 2.79. The first kappa shape index (κ1) is 18.4. The third-order valence-corrected chi connectivity index (χ3v) is 5.16. The minimum atomic E-state index is 0.531. The number of hydrogen-bond acceptors (Lipinski definition) is 7. The summed E-state index contributed by atoms with van der Waals surface area (Å²) in [6.45, 7) is 5.03. The quantitative estimate of drug-likeness (QED) is 0.431. The van der Waals surface area contributed by atoms with Gasteiger partial charge in [0.15, 0.2) is 16.8 Å². The van der Waals surface area contributed by atoms with Gasteiger partial charge in [-0.1, -0.05) is 41.5 Å². The molecule has 0 fully saturated rings. The highest BCUT2D eigenvalue weighted by Gasteiger charge is 2.15. The molecule has 0 saturated carbocycles. The van der Waals surface area contributed by atoms with Crippen molar-refractivity contribution in [1.29, 1.82) is 0 Å². The lowest BCUT2D eigenvalue weighted by molar-refractivity contribution is 0.425. The molecular weight excluding hydrogens is 372 g/mol. The van der Waals surface area contributed by atoms with Crippen LogP contribution in [0.1, 0.15) is 24.7 Å². The number of aryl methyl sites for hydroxylation is 1. The lowest BCUT2D eigenvalue weighted by atomic mass is 10.1. The van der Waals surface area contributed by atoms with Gasteiger partial charge in [0.05, 0.1) is 5.75 Å². The fourth-order valence-corrected chi connectivity index (χ4v) is 3.60. The van der Waals surface area contributed by atoms with Gasteiger partial charge in [0, 0.05) is 30.1 Å². The van der Waals surface area contributed by atoms with E-state index in [4.69, 9.17) is 4.52 Å². The van der Waals surface area contributed by atoms with Gasteiger partial charge in [-0.2, -0.15) is 4.98 Å². The molecule has 0 unspecified atom stereocenters. The van der Waals surface area contributed by atoms with Gasteiger partial charge in [0.2, 0.25) is 0 Å². The highest BCUT2D eigenvalue weighted by atomic mass is 32.2. The Labute approximate surface area is 167 Å². The van der Waals surface area contributed by atoms with E-state index in [0.29, 0.717) is 17.5 Å². The van der Waals surface area contributed by atoms with E-state index in [0.717, 1.165) is 35.1 Å². The van der Waals surface area contributed by atoms with Crippen LogP contribution in [-0.4, -0.2) is 29.9 Å². The van der Waals surface area contributed by atoms with Crippen molar-refractivity contribution in [3.05, 3.63) is 60.2 Å². The maximum Gasteiger partial charge on any atom is 0.257 e. The van der Waals surface area contributed by atoms with E-state index in [-0.39, 0.29) is 0 Å². The summed E-state index contributed by atoms with van der Waals surface area (Å²) in [5, 5.41) is 13.7. The van der Waals surface area contributed by atoms with Crippen LogP contribution in [0.4, 0.5) is 0 Å². The maximum atomic E-state index is 5.41. The van der Waals surface area contributed by atoms with Crippen molar-refractivity contribution in [3.63, 3.8) is 0 Å². The van der Waals surface area contributed by atoms with Crippen molar-refractivity contribution in [1.82, 2.24) is 29.9 Å². The average Bonchev–Trinajstić information content (AvgIpc) is 3.35. The standard InChI is InChI=1S/C20H20N6OS/c1-3-12-26-18(15-8-10-21-11-9-15)23-24-20(26)28-13-17-22-19(27-25-17)16-6-4-14(2)5-7-16/h4-11H,3,12-13H2,1-2H3. The third-order valence-electron chi connectivity index (χ3n) is 4.20. The summed E-state index contributed by atoms with van der Waals surface area (Å²) in [5.41, 5.74) is 3.12. The van der Waals surface area contributed by atoms with E-state index in [1.54, 1.807) is 24.2 Å². The van der Waals surface area contributed by atoms with Gasteiger partial charge in [-0.25, -0.2) is 0 Å². The Bertz CT molecular complexity index is 1040. The third kappa shape index (κ3) is 3.96. The molecule has 0 aliphatic heterocycles. The number of nitrogens with zero attached hydrogens (tertiary/aromatic N) is 6. The second-order valence-electron chi connectivity index (χ2n) is 6.36. The normalized spacial score (nSPS) is 11.1. The molecule has 4 aromatic rings. The Morgan fingerprint density at radius 2 is 1.79 bits per heavy atom. The molecule has 0 aliphatic carbocycles. The van der Waals surface area contributed by atoms with Crippen LogP contribution in [0, 0.1) is 6.92 Å². The zero-order valence-corrected chi connectivity index (χ0v) is 16.6. The second-order valence-corrected chi connectivity index (χ2v) is 7.31. The summed E-state index contributed by atoms with van der Waals surface area (Å²) in [6.07, 6.45) is 4.52. The largest absolute Gasteiger partial charge is 0.334 e. The van der Waals surface area contributed by atoms with Crippen molar-refractivity contribution >= 4 is 11.8 Å². The average molecular weight is 392 g/mol. The fraction of sp³-hybridized carbons (Fsp3) is 0.250. The first-order valence-corrected chi connectivity index (χ1v) is 10.1. The summed E-state index contributed by atoms with van der Waals surface area (Å²) in [4.78, 5) is 8.57. The van der Waals surface area contributed by atoms with Crippen LogP contribution in [-0.2, 0) is 12.3 Å². The van der Waals surface area contributed by atoms with Gasteiger partial charge < -0.3 is 9.09 Å². The van der Waals surface area contributed by atoms with E-state index in [9.17, 15) is 0 Å². The molecule has 0 spiro atoms. The zero-order valence-electron chi connectivity index (χ0n) is 15.7. The van der Waals surface area contributed by atoms with Gasteiger partial charge in [-0.3, -0.25) is 4.98 Å². The number of hydrogen-bond donors (Lipinski definition) is 0. The van der Waals surface area contributed by atoms with Crippen molar-refractivity contribution in [3.8, 4) is 22.8 Å². The van der Waals surface area contributed by atoms with Crippen LogP contribution in [0.5, 0.6) is 0 Å². The van der Waals surface area contributed by atoms with Crippen molar-refractivity contribution in [2.24, 2.45) is 0 Å². The van der Waals surface area contributed by atoms with Crippen LogP contribution >= 0.6 is 11.8 Å². The van der Waals surface area contributed by atoms with Crippen LogP contribution in [0.25, 0.3) is 22.8 Å². The first-order valence-electron chi connectivity index (χ1n) is 9.10. The van der Waals surface area contributed by atoms with Gasteiger partial charge in [-0.15, -0.1) is 10.2 Å². The Morgan fingerprint density at radius 3 is 2.54 bits per heavy atom. The highest BCUT2D eigenvalue weighted by Crippen LogP contribution is 2.26. The van der Waals surface area contributed by atoms with E-state index in [1.165, 1.54) is 5.56 Å². The molecule has 0 amide bonds. The maximum absolute atomic E-state index is 5.41. The predicted molar refractivity (Wildman–Crippen MR) is 108 cm³/mol. The number of benzene rings is 1. The molecule has 0 atom stereocenters. The van der Waals surface area contributed by atoms with Crippen molar-refractivity contribution < 1.29 is 4.52 Å². The van der Waals surface area contributed by atoms with Crippen LogP contribution in [0.2, 0.25) is 0 Å². The molecule has 4 rings (SSSR count). The Kier molecular flexibility index (Phi) is 5.48. The van der Waals surface area contributed by atoms with Crippen LogP contribution < -0.4 is 0 Å². The molecule has 1 aromatic carbocycles. The van der Waals surface area contributed by atoms with E-state index in [1.807, 2.05) is 43.3 Å². The number of rotatable bonds is 7. The molecule has 0 bridgehead atoms. The van der Waals surface area contributed by atoms with Crippen molar-refractivity contribution in [2.75, 3.05) is 0 Å². The van der Waals surface area contributed by atoms with Crippen LogP contribution in [0.15, 0.2) is 58.5 Å². The lowest BCUT2D eigenvalue weighted by Gasteiger charge is -2.07. The molecular formula is C20H20N6OS.